The molecule has 0 spiro atoms. The number of hydrogen-bond donors (Lipinski definition) is 0. The van der Waals surface area contributed by atoms with E-state index in [4.69, 9.17) is 4.42 Å². The van der Waals surface area contributed by atoms with Crippen LogP contribution in [0.5, 0.6) is 0 Å². The number of rotatable bonds is 8. The highest BCUT2D eigenvalue weighted by atomic mass is 16.3. The fourth-order valence-electron chi connectivity index (χ4n) is 10.7. The van der Waals surface area contributed by atoms with Gasteiger partial charge >= 0.3 is 0 Å². The molecule has 11 rings (SSSR count). The van der Waals surface area contributed by atoms with Crippen LogP contribution in [-0.4, -0.2) is 0 Å². The molecule has 10 aromatic carbocycles. The summed E-state index contributed by atoms with van der Waals surface area (Å²) < 4.78 is 6.91. The zero-order valence-corrected chi connectivity index (χ0v) is 45.9. The van der Waals surface area contributed by atoms with E-state index in [1.54, 1.807) is 0 Å². The molecule has 374 valence electrons. The molecule has 0 saturated carbocycles. The van der Waals surface area contributed by atoms with Crippen LogP contribution in [0.4, 0.5) is 34.1 Å². The Hall–Kier alpha value is -7.88. The van der Waals surface area contributed by atoms with Gasteiger partial charge in [-0.25, -0.2) is 0 Å². The van der Waals surface area contributed by atoms with E-state index in [1.165, 1.54) is 55.3 Å². The molecule has 0 aliphatic heterocycles. The first kappa shape index (κ1) is 49.3. The molecule has 0 saturated heterocycles. The number of fused-ring (bicyclic) bond motifs is 5. The van der Waals surface area contributed by atoms with Crippen molar-refractivity contribution in [2.24, 2.45) is 0 Å². The third-order valence-corrected chi connectivity index (χ3v) is 15.2. The van der Waals surface area contributed by atoms with Gasteiger partial charge in [-0.15, -0.1) is 0 Å². The van der Waals surface area contributed by atoms with E-state index in [2.05, 4.69) is 299 Å². The van der Waals surface area contributed by atoms with E-state index in [1.807, 2.05) is 0 Å². The van der Waals surface area contributed by atoms with E-state index in [-0.39, 0.29) is 21.7 Å². The van der Waals surface area contributed by atoms with Crippen molar-refractivity contribution in [2.75, 3.05) is 9.80 Å². The summed E-state index contributed by atoms with van der Waals surface area (Å²) in [5.41, 5.74) is 18.4. The summed E-state index contributed by atoms with van der Waals surface area (Å²) in [5.74, 6) is 0. The summed E-state index contributed by atoms with van der Waals surface area (Å²) in [6.45, 7) is 27.4. The molecule has 1 heterocycles. The van der Waals surface area contributed by atoms with Gasteiger partial charge in [-0.2, -0.15) is 0 Å². The highest BCUT2D eigenvalue weighted by molar-refractivity contribution is 6.14. The third kappa shape index (κ3) is 9.62. The number of benzene rings is 10. The van der Waals surface area contributed by atoms with E-state index in [0.29, 0.717) is 0 Å². The lowest BCUT2D eigenvalue weighted by molar-refractivity contribution is 0.590. The van der Waals surface area contributed by atoms with E-state index < -0.39 is 0 Å². The summed E-state index contributed by atoms with van der Waals surface area (Å²) in [6.07, 6.45) is 0. The molecule has 0 bridgehead atoms. The van der Waals surface area contributed by atoms with Gasteiger partial charge in [0.25, 0.3) is 0 Å². The zero-order valence-electron chi connectivity index (χ0n) is 45.9. The minimum Gasteiger partial charge on any atom is -0.456 e. The molecule has 0 unspecified atom stereocenters. The highest BCUT2D eigenvalue weighted by Crippen LogP contribution is 2.47. The second kappa shape index (κ2) is 18.5. The van der Waals surface area contributed by atoms with Crippen molar-refractivity contribution >= 4 is 77.6 Å². The normalized spacial score (nSPS) is 12.5. The van der Waals surface area contributed by atoms with Gasteiger partial charge in [0.1, 0.15) is 11.2 Å². The van der Waals surface area contributed by atoms with Crippen molar-refractivity contribution in [1.29, 1.82) is 0 Å². The molecule has 1 aromatic heterocycles. The van der Waals surface area contributed by atoms with E-state index in [0.717, 1.165) is 66.8 Å². The average Bonchev–Trinajstić information content (AvgIpc) is 3.73. The van der Waals surface area contributed by atoms with Crippen LogP contribution in [0.3, 0.4) is 0 Å². The summed E-state index contributed by atoms with van der Waals surface area (Å²) >= 11 is 0. The summed E-state index contributed by atoms with van der Waals surface area (Å²) in [6, 6.07) is 76.8. The molecule has 0 atom stereocenters. The van der Waals surface area contributed by atoms with Crippen LogP contribution in [0, 0.1) is 0 Å². The SMILES string of the molecule is CC(C)(C)c1ccc(N(c2ccc3cc4c(cc3c2)oc2cc3cc(N(c5ccc(C(C)(C)C)cc5)c5ccc(C(C)(C)C)cc5-c5ccccc5)ccc3cc24)c2ccc(C(C)(C)C)cc2-c2ccccc2)cc1. The van der Waals surface area contributed by atoms with Crippen LogP contribution in [0.1, 0.15) is 105 Å². The van der Waals surface area contributed by atoms with Crippen LogP contribution in [0.2, 0.25) is 0 Å². The average molecular weight is 979 g/mol. The van der Waals surface area contributed by atoms with Gasteiger partial charge in [0.05, 0.1) is 11.4 Å². The molecule has 0 aliphatic rings. The number of furan rings is 1. The first-order valence-electron chi connectivity index (χ1n) is 26.7. The minimum absolute atomic E-state index is 0.0128. The standard InChI is InChI=1S/C72H70N2O/c1-69(2,3)53-25-33-57(34-26-53)73(65-37-29-55(71(7,8)9)45-61(65)47-19-15-13-16-20-47)59-31-23-49-41-63-64-42-50-24-32-60(40-52(50)44-68(64)75-67(63)43-51(49)39-59)74(58-35-27-54(28-36-58)70(4,5)6)66-38-30-56(72(10,11)12)46-62(66)48-21-17-14-18-22-48/h13-46H,1-12H3. The largest absolute Gasteiger partial charge is 0.456 e. The Kier molecular flexibility index (Phi) is 12.2. The molecule has 0 aliphatic carbocycles. The molecule has 0 radical (unpaired) electrons. The van der Waals surface area contributed by atoms with Crippen molar-refractivity contribution in [3.05, 3.63) is 229 Å². The summed E-state index contributed by atoms with van der Waals surface area (Å²) in [5, 5.41) is 6.80. The molecular weight excluding hydrogens is 909 g/mol. The predicted molar refractivity (Wildman–Crippen MR) is 324 cm³/mol. The Balaban J connectivity index is 1.04. The van der Waals surface area contributed by atoms with Crippen molar-refractivity contribution in [2.45, 2.75) is 105 Å². The van der Waals surface area contributed by atoms with Gasteiger partial charge in [0.2, 0.25) is 0 Å². The van der Waals surface area contributed by atoms with Crippen LogP contribution in [0.15, 0.2) is 211 Å². The molecule has 0 amide bonds. The van der Waals surface area contributed by atoms with Crippen LogP contribution < -0.4 is 9.80 Å². The summed E-state index contributed by atoms with van der Waals surface area (Å²) in [7, 11) is 0. The topological polar surface area (TPSA) is 19.6 Å². The molecule has 0 fully saturated rings. The fourth-order valence-corrected chi connectivity index (χ4v) is 10.7. The van der Waals surface area contributed by atoms with Crippen molar-refractivity contribution < 1.29 is 4.42 Å². The van der Waals surface area contributed by atoms with Crippen molar-refractivity contribution in [3.63, 3.8) is 0 Å². The Bertz CT molecular complexity index is 3630. The number of anilines is 6. The molecule has 0 N–H and O–H groups in total. The lowest BCUT2D eigenvalue weighted by atomic mass is 9.84. The Morgan fingerprint density at radius 2 is 0.613 bits per heavy atom. The molecule has 3 nitrogen and oxygen atoms in total. The first-order valence-corrected chi connectivity index (χ1v) is 26.7. The van der Waals surface area contributed by atoms with Crippen molar-refractivity contribution in [1.82, 2.24) is 0 Å². The van der Waals surface area contributed by atoms with Crippen molar-refractivity contribution in [3.8, 4) is 22.3 Å². The van der Waals surface area contributed by atoms with E-state index in [9.17, 15) is 0 Å². The first-order chi connectivity index (χ1) is 35.7. The molecular formula is C72H70N2O. The maximum Gasteiger partial charge on any atom is 0.136 e. The zero-order chi connectivity index (χ0) is 52.6. The van der Waals surface area contributed by atoms with E-state index >= 15 is 0 Å². The van der Waals surface area contributed by atoms with Gasteiger partial charge in [-0.3, -0.25) is 0 Å². The maximum atomic E-state index is 6.91. The Morgan fingerprint density at radius 3 is 0.960 bits per heavy atom. The number of hydrogen-bond acceptors (Lipinski definition) is 3. The van der Waals surface area contributed by atoms with Crippen LogP contribution >= 0.6 is 0 Å². The summed E-state index contributed by atoms with van der Waals surface area (Å²) in [4.78, 5) is 4.86. The second-order valence-corrected chi connectivity index (χ2v) is 24.8. The highest BCUT2D eigenvalue weighted by Gasteiger charge is 2.25. The third-order valence-electron chi connectivity index (χ3n) is 15.2. The monoisotopic (exact) mass is 979 g/mol. The minimum atomic E-state index is -0.0128. The van der Waals surface area contributed by atoms with Crippen LogP contribution in [0.25, 0.3) is 65.7 Å². The predicted octanol–water partition coefficient (Wildman–Crippen LogP) is 21.4. The fraction of sp³-hybridized carbons (Fsp3) is 0.222. The number of nitrogens with zero attached hydrogens (tertiary/aromatic N) is 2. The molecule has 11 aromatic rings. The van der Waals surface area contributed by atoms with Gasteiger partial charge < -0.3 is 14.2 Å². The van der Waals surface area contributed by atoms with Gasteiger partial charge in [0.15, 0.2) is 0 Å². The lowest BCUT2D eigenvalue weighted by Crippen LogP contribution is -2.15. The Morgan fingerprint density at radius 1 is 0.280 bits per heavy atom. The molecule has 75 heavy (non-hydrogen) atoms. The Labute approximate surface area is 445 Å². The lowest BCUT2D eigenvalue weighted by Gasteiger charge is -2.30. The smallest absolute Gasteiger partial charge is 0.136 e. The van der Waals surface area contributed by atoms with Gasteiger partial charge in [-0.1, -0.05) is 192 Å². The quantitative estimate of drug-likeness (QED) is 0.151. The second-order valence-electron chi connectivity index (χ2n) is 24.8. The maximum absolute atomic E-state index is 6.91. The van der Waals surface area contributed by atoms with Crippen LogP contribution in [-0.2, 0) is 21.7 Å². The molecule has 3 heteroatoms. The van der Waals surface area contributed by atoms with Gasteiger partial charge in [-0.05, 0) is 174 Å². The van der Waals surface area contributed by atoms with Gasteiger partial charge in [0, 0.05) is 44.6 Å².